The molecule has 3 heterocycles. The minimum Gasteiger partial charge on any atom is -0.368 e. The normalized spacial score (nSPS) is 31.0. The number of nitrogen functional groups attached to an aromatic ring is 1. The minimum atomic E-state index is -0.106. The summed E-state index contributed by atoms with van der Waals surface area (Å²) >= 11 is 0. The maximum absolute atomic E-state index is 13.9. The molecule has 0 spiro atoms. The Balaban J connectivity index is 1.60. The second kappa shape index (κ2) is 7.57. The van der Waals surface area contributed by atoms with Gasteiger partial charge in [0.25, 0.3) is 5.91 Å². The monoisotopic (exact) mass is 433 g/mol. The first-order valence-electron chi connectivity index (χ1n) is 11.6. The summed E-state index contributed by atoms with van der Waals surface area (Å²) in [6.07, 6.45) is 4.60. The number of rotatable bonds is 3. The number of carbonyl (C=O) groups is 2. The number of benzene rings is 1. The first kappa shape index (κ1) is 20.9. The molecule has 32 heavy (non-hydrogen) atoms. The topological polar surface area (TPSA) is 92.4 Å². The van der Waals surface area contributed by atoms with Gasteiger partial charge in [0.15, 0.2) is 0 Å². The maximum Gasteiger partial charge on any atom is 0.273 e. The van der Waals surface area contributed by atoms with E-state index in [-0.39, 0.29) is 47.3 Å². The molecule has 3 fully saturated rings. The molecule has 2 aliphatic heterocycles. The van der Waals surface area contributed by atoms with Crippen LogP contribution in [0.3, 0.4) is 0 Å². The lowest BCUT2D eigenvalue weighted by atomic mass is 9.64. The summed E-state index contributed by atoms with van der Waals surface area (Å²) in [6, 6.07) is 12.1. The summed E-state index contributed by atoms with van der Waals surface area (Å²) in [4.78, 5) is 39.5. The lowest BCUT2D eigenvalue weighted by Crippen LogP contribution is -2.62. The van der Waals surface area contributed by atoms with Gasteiger partial charge in [-0.1, -0.05) is 37.3 Å². The lowest BCUT2D eigenvalue weighted by Gasteiger charge is -2.52. The van der Waals surface area contributed by atoms with Crippen molar-refractivity contribution in [2.75, 3.05) is 5.73 Å². The molecule has 1 saturated carbocycles. The van der Waals surface area contributed by atoms with Crippen LogP contribution in [0.4, 0.5) is 5.95 Å². The predicted octanol–water partition coefficient (Wildman–Crippen LogP) is 2.98. The number of hydrogen-bond acceptors (Lipinski definition) is 5. The molecule has 1 aromatic heterocycles. The Hall–Kier alpha value is -2.96. The molecular weight excluding hydrogens is 402 g/mol. The Kier molecular flexibility index (Phi) is 4.95. The minimum absolute atomic E-state index is 0.0487. The average Bonchev–Trinajstić information content (AvgIpc) is 3.05. The third-order valence-electron chi connectivity index (χ3n) is 7.93. The molecule has 7 heteroatoms. The molecule has 0 radical (unpaired) electrons. The summed E-state index contributed by atoms with van der Waals surface area (Å²) in [5, 5.41) is 0. The van der Waals surface area contributed by atoms with Crippen molar-refractivity contribution >= 4 is 17.8 Å². The highest BCUT2D eigenvalue weighted by atomic mass is 16.2. The molecule has 2 saturated heterocycles. The van der Waals surface area contributed by atoms with E-state index >= 15 is 0 Å². The Morgan fingerprint density at radius 3 is 2.47 bits per heavy atom. The second-order valence-corrected chi connectivity index (χ2v) is 9.89. The Morgan fingerprint density at radius 1 is 1.12 bits per heavy atom. The van der Waals surface area contributed by atoms with Crippen LogP contribution < -0.4 is 5.73 Å². The fourth-order valence-electron chi connectivity index (χ4n) is 6.76. The number of likely N-dealkylation sites (tertiary alicyclic amines) is 2. The molecule has 5 rings (SSSR count). The molecule has 2 bridgehead atoms. The fourth-order valence-corrected chi connectivity index (χ4v) is 6.76. The van der Waals surface area contributed by atoms with Gasteiger partial charge in [0.2, 0.25) is 11.9 Å². The van der Waals surface area contributed by atoms with Crippen LogP contribution in [0.15, 0.2) is 36.4 Å². The Labute approximate surface area is 189 Å². The van der Waals surface area contributed by atoms with E-state index < -0.39 is 0 Å². The molecule has 168 valence electrons. The summed E-state index contributed by atoms with van der Waals surface area (Å²) in [6.45, 7) is 5.78. The smallest absolute Gasteiger partial charge is 0.273 e. The third kappa shape index (κ3) is 3.17. The number of fused-ring (bicyclic) bond motifs is 1. The number of aryl methyl sites for hydroxylation is 1. The van der Waals surface area contributed by atoms with Gasteiger partial charge in [-0.25, -0.2) is 9.97 Å². The molecular formula is C25H31N5O2. The highest BCUT2D eigenvalue weighted by Gasteiger charge is 2.64. The van der Waals surface area contributed by atoms with Gasteiger partial charge in [-0.15, -0.1) is 0 Å². The number of piperidine rings is 1. The van der Waals surface area contributed by atoms with Crippen LogP contribution in [0.1, 0.15) is 61.3 Å². The Bertz CT molecular complexity index is 1040. The van der Waals surface area contributed by atoms with Crippen molar-refractivity contribution in [3.63, 3.8) is 0 Å². The fraction of sp³-hybridized carbons (Fsp3) is 0.520. The van der Waals surface area contributed by atoms with E-state index in [9.17, 15) is 9.59 Å². The van der Waals surface area contributed by atoms with Crippen molar-refractivity contribution in [1.82, 2.24) is 19.8 Å². The van der Waals surface area contributed by atoms with Gasteiger partial charge in [0, 0.05) is 30.1 Å². The van der Waals surface area contributed by atoms with E-state index in [2.05, 4.69) is 38.8 Å². The molecule has 2 amide bonds. The molecule has 3 aliphatic rings. The van der Waals surface area contributed by atoms with Crippen LogP contribution in [0.2, 0.25) is 0 Å². The van der Waals surface area contributed by atoms with Crippen LogP contribution in [0, 0.1) is 12.3 Å². The van der Waals surface area contributed by atoms with Crippen molar-refractivity contribution < 1.29 is 9.59 Å². The van der Waals surface area contributed by atoms with E-state index in [1.807, 2.05) is 25.1 Å². The standard InChI is InChI=1S/C25H31N5O2/c1-15-12-18(28-24(26)27-15)23(32)30-20-14-25(3)21(10-7-11-22(25)30)29(16(2)31)19(20)13-17-8-5-4-6-9-17/h4-6,8-9,12,19-22H,7,10-11,13-14H2,1-3H3,(H2,26,27,28)/t19-,20+,21-,22+,25-/m1/s1. The van der Waals surface area contributed by atoms with Crippen molar-refractivity contribution in [1.29, 1.82) is 0 Å². The van der Waals surface area contributed by atoms with Crippen LogP contribution >= 0.6 is 0 Å². The number of nitrogens with two attached hydrogens (primary N) is 1. The third-order valence-corrected chi connectivity index (χ3v) is 7.93. The molecule has 0 unspecified atom stereocenters. The van der Waals surface area contributed by atoms with Crippen LogP contribution in [-0.4, -0.2) is 55.7 Å². The van der Waals surface area contributed by atoms with Gasteiger partial charge in [0.1, 0.15) is 5.69 Å². The number of nitrogens with zero attached hydrogens (tertiary/aromatic N) is 4. The van der Waals surface area contributed by atoms with Gasteiger partial charge < -0.3 is 15.5 Å². The number of amides is 2. The van der Waals surface area contributed by atoms with Gasteiger partial charge in [0.05, 0.1) is 12.1 Å². The summed E-state index contributed by atoms with van der Waals surface area (Å²) in [7, 11) is 0. The zero-order valence-corrected chi connectivity index (χ0v) is 19.0. The maximum atomic E-state index is 13.9. The van der Waals surface area contributed by atoms with Gasteiger partial charge in [-0.05, 0) is 50.7 Å². The van der Waals surface area contributed by atoms with Crippen molar-refractivity contribution in [3.8, 4) is 0 Å². The highest BCUT2D eigenvalue weighted by Crippen LogP contribution is 2.56. The van der Waals surface area contributed by atoms with Crippen molar-refractivity contribution in [3.05, 3.63) is 53.3 Å². The van der Waals surface area contributed by atoms with E-state index in [0.29, 0.717) is 11.4 Å². The molecule has 2 N–H and O–H groups in total. The van der Waals surface area contributed by atoms with Gasteiger partial charge in [-0.2, -0.15) is 0 Å². The summed E-state index contributed by atoms with van der Waals surface area (Å²) < 4.78 is 0. The first-order chi connectivity index (χ1) is 15.3. The first-order valence-corrected chi connectivity index (χ1v) is 11.6. The zero-order valence-electron chi connectivity index (χ0n) is 19.0. The largest absolute Gasteiger partial charge is 0.368 e. The van der Waals surface area contributed by atoms with Crippen molar-refractivity contribution in [2.24, 2.45) is 5.41 Å². The van der Waals surface area contributed by atoms with Crippen LogP contribution in [-0.2, 0) is 11.2 Å². The lowest BCUT2D eigenvalue weighted by molar-refractivity contribution is -0.142. The molecule has 7 nitrogen and oxygen atoms in total. The molecule has 1 aliphatic carbocycles. The highest BCUT2D eigenvalue weighted by molar-refractivity contribution is 5.93. The number of aromatic nitrogens is 2. The van der Waals surface area contributed by atoms with Crippen LogP contribution in [0.25, 0.3) is 0 Å². The molecule has 2 aromatic rings. The molecule has 1 aromatic carbocycles. The van der Waals surface area contributed by atoms with E-state index in [1.54, 1.807) is 13.0 Å². The SMILES string of the molecule is CC(=O)N1[C@H](Cc2ccccc2)[C@@H]2C[C@@]3(C)[C@H](CCC[C@@H]13)N2C(=O)c1cc(C)nc(N)n1. The van der Waals surface area contributed by atoms with E-state index in [1.165, 1.54) is 5.56 Å². The predicted molar refractivity (Wildman–Crippen MR) is 122 cm³/mol. The second-order valence-electron chi connectivity index (χ2n) is 9.89. The van der Waals surface area contributed by atoms with Crippen molar-refractivity contribution in [2.45, 2.75) is 77.0 Å². The van der Waals surface area contributed by atoms with E-state index in [0.717, 1.165) is 32.1 Å². The summed E-state index contributed by atoms with van der Waals surface area (Å²) in [5.74, 6) is 0.128. The zero-order chi connectivity index (χ0) is 22.6. The van der Waals surface area contributed by atoms with E-state index in [4.69, 9.17) is 5.73 Å². The number of anilines is 1. The van der Waals surface area contributed by atoms with Crippen LogP contribution in [0.5, 0.6) is 0 Å². The van der Waals surface area contributed by atoms with Gasteiger partial charge in [-0.3, -0.25) is 9.59 Å². The summed E-state index contributed by atoms with van der Waals surface area (Å²) in [5.41, 5.74) is 7.98. The quantitative estimate of drug-likeness (QED) is 0.803. The molecule has 5 atom stereocenters. The number of hydrogen-bond donors (Lipinski definition) is 1. The Morgan fingerprint density at radius 2 is 1.81 bits per heavy atom. The average molecular weight is 434 g/mol. The number of carbonyl (C=O) groups excluding carboxylic acids is 2. The van der Waals surface area contributed by atoms with Gasteiger partial charge >= 0.3 is 0 Å².